The minimum Gasteiger partial charge on any atom is -0.504 e. The number of ether oxygens (including phenoxy) is 5. The van der Waals surface area contributed by atoms with Crippen molar-refractivity contribution in [2.75, 3.05) is 49.1 Å². The van der Waals surface area contributed by atoms with E-state index in [1.54, 1.807) is 46.6 Å². The maximum absolute atomic E-state index is 12.9. The standard InChI is InChI=1S/C32H36N2O7/c1-34-12-11-20-22(17-33-28(36)10-8-18-7-9-24(35)25(13-18)37-2)31(40-5)32(41-6)30-21-16-27(39-4)26(38-3)15-19(21)14-23(34)29(20)30/h7-10,13,15-16,23,35H,11-12,14,17H2,1-6H3,(H,33,36)/b10-8+. The molecule has 1 atom stereocenters. The van der Waals surface area contributed by atoms with Crippen molar-refractivity contribution in [1.29, 1.82) is 0 Å². The number of aromatic hydroxyl groups is 1. The van der Waals surface area contributed by atoms with Gasteiger partial charge in [0.2, 0.25) is 5.91 Å². The number of carbonyl (C=O) groups is 1. The molecular weight excluding hydrogens is 524 g/mol. The number of methoxy groups -OCH3 is 5. The van der Waals surface area contributed by atoms with E-state index >= 15 is 0 Å². The van der Waals surface area contributed by atoms with Crippen molar-refractivity contribution in [2.45, 2.75) is 25.4 Å². The van der Waals surface area contributed by atoms with E-state index in [1.165, 1.54) is 30.4 Å². The van der Waals surface area contributed by atoms with E-state index in [4.69, 9.17) is 23.7 Å². The zero-order valence-electron chi connectivity index (χ0n) is 24.3. The van der Waals surface area contributed by atoms with E-state index in [9.17, 15) is 9.90 Å². The van der Waals surface area contributed by atoms with Gasteiger partial charge in [-0.05, 0) is 78.0 Å². The Morgan fingerprint density at radius 3 is 2.37 bits per heavy atom. The van der Waals surface area contributed by atoms with Crippen LogP contribution in [0.1, 0.15) is 33.9 Å². The van der Waals surface area contributed by atoms with E-state index in [1.807, 2.05) is 6.07 Å². The fraction of sp³-hybridized carbons (Fsp3) is 0.344. The van der Waals surface area contributed by atoms with E-state index in [-0.39, 0.29) is 24.2 Å². The summed E-state index contributed by atoms with van der Waals surface area (Å²) in [7, 11) is 10.2. The first kappa shape index (κ1) is 28.2. The summed E-state index contributed by atoms with van der Waals surface area (Å²) in [5, 5.41) is 12.9. The molecule has 0 fully saturated rings. The molecular formula is C32H36N2O7. The molecule has 2 aliphatic rings. The summed E-state index contributed by atoms with van der Waals surface area (Å²) >= 11 is 0. The summed E-state index contributed by atoms with van der Waals surface area (Å²) in [6, 6.07) is 9.11. The SMILES string of the molecule is COc1cc(/C=C/C(=O)NCc2c3c4c(c(OC)c2OC)-c2cc(OC)c(OC)cc2CC4N(C)CC3)ccc1O. The summed E-state index contributed by atoms with van der Waals surface area (Å²) in [6.07, 6.45) is 4.76. The molecule has 0 bridgehead atoms. The second-order valence-electron chi connectivity index (χ2n) is 10.1. The highest BCUT2D eigenvalue weighted by atomic mass is 16.5. The number of fused-ring (bicyclic) bond motifs is 2. The molecule has 9 heteroatoms. The fourth-order valence-corrected chi connectivity index (χ4v) is 6.00. The van der Waals surface area contributed by atoms with E-state index < -0.39 is 0 Å². The van der Waals surface area contributed by atoms with Crippen LogP contribution in [0.3, 0.4) is 0 Å². The smallest absolute Gasteiger partial charge is 0.244 e. The second kappa shape index (κ2) is 11.6. The molecule has 5 rings (SSSR count). The van der Waals surface area contributed by atoms with Crippen LogP contribution in [-0.4, -0.2) is 65.1 Å². The van der Waals surface area contributed by atoms with Crippen LogP contribution < -0.4 is 29.0 Å². The Morgan fingerprint density at radius 1 is 0.976 bits per heavy atom. The van der Waals surface area contributed by atoms with Crippen molar-refractivity contribution in [3.63, 3.8) is 0 Å². The average molecular weight is 561 g/mol. The van der Waals surface area contributed by atoms with Crippen molar-refractivity contribution in [3.8, 4) is 45.6 Å². The molecule has 3 aromatic carbocycles. The zero-order chi connectivity index (χ0) is 29.3. The predicted molar refractivity (Wildman–Crippen MR) is 156 cm³/mol. The van der Waals surface area contributed by atoms with Gasteiger partial charge < -0.3 is 34.1 Å². The number of nitrogens with zero attached hydrogens (tertiary/aromatic N) is 1. The Kier molecular flexibility index (Phi) is 7.99. The largest absolute Gasteiger partial charge is 0.504 e. The van der Waals surface area contributed by atoms with E-state index in [0.29, 0.717) is 28.7 Å². The molecule has 1 unspecified atom stereocenters. The lowest BCUT2D eigenvalue weighted by Crippen LogP contribution is -2.37. The van der Waals surface area contributed by atoms with Gasteiger partial charge in [0.25, 0.3) is 0 Å². The molecule has 1 aliphatic carbocycles. The molecule has 1 heterocycles. The third-order valence-electron chi connectivity index (χ3n) is 8.02. The lowest BCUT2D eigenvalue weighted by atomic mass is 9.75. The van der Waals surface area contributed by atoms with Gasteiger partial charge in [0.05, 0.1) is 35.5 Å². The molecule has 0 saturated heterocycles. The topological polar surface area (TPSA) is 98.7 Å². The first-order valence-corrected chi connectivity index (χ1v) is 13.4. The number of phenols is 1. The van der Waals surface area contributed by atoms with Gasteiger partial charge in [-0.1, -0.05) is 6.07 Å². The molecule has 3 aromatic rings. The number of phenolic OH excluding ortho intramolecular Hbond substituents is 1. The average Bonchev–Trinajstić information content (AvgIpc) is 2.99. The molecule has 0 aromatic heterocycles. The number of benzene rings is 3. The van der Waals surface area contributed by atoms with Crippen molar-refractivity contribution in [2.24, 2.45) is 0 Å². The molecule has 41 heavy (non-hydrogen) atoms. The Labute approximate surface area is 240 Å². The van der Waals surface area contributed by atoms with Gasteiger partial charge in [-0.3, -0.25) is 9.69 Å². The summed E-state index contributed by atoms with van der Waals surface area (Å²) < 4.78 is 28.4. The molecule has 2 N–H and O–H groups in total. The number of carbonyl (C=O) groups excluding carboxylic acids is 1. The summed E-state index contributed by atoms with van der Waals surface area (Å²) in [5.41, 5.74) is 7.20. The molecule has 0 radical (unpaired) electrons. The van der Waals surface area contributed by atoms with Crippen LogP contribution >= 0.6 is 0 Å². The van der Waals surface area contributed by atoms with Crippen molar-refractivity contribution in [3.05, 3.63) is 64.2 Å². The zero-order valence-corrected chi connectivity index (χ0v) is 24.3. The second-order valence-corrected chi connectivity index (χ2v) is 10.1. The lowest BCUT2D eigenvalue weighted by Gasteiger charge is -2.42. The Balaban J connectivity index is 1.55. The number of hydrogen-bond acceptors (Lipinski definition) is 8. The third-order valence-corrected chi connectivity index (χ3v) is 8.02. The van der Waals surface area contributed by atoms with Gasteiger partial charge in [0.15, 0.2) is 34.5 Å². The first-order valence-electron chi connectivity index (χ1n) is 13.4. The third kappa shape index (κ3) is 5.02. The summed E-state index contributed by atoms with van der Waals surface area (Å²) in [5.74, 6) is 2.72. The highest BCUT2D eigenvalue weighted by molar-refractivity contribution is 5.92. The van der Waals surface area contributed by atoms with Crippen molar-refractivity contribution >= 4 is 12.0 Å². The van der Waals surface area contributed by atoms with Gasteiger partial charge in [-0.15, -0.1) is 0 Å². The molecule has 216 valence electrons. The van der Waals surface area contributed by atoms with Crippen LogP contribution in [-0.2, 0) is 24.2 Å². The normalized spacial score (nSPS) is 15.6. The van der Waals surface area contributed by atoms with Gasteiger partial charge >= 0.3 is 0 Å². The predicted octanol–water partition coefficient (Wildman–Crippen LogP) is 4.52. The van der Waals surface area contributed by atoms with Crippen LogP contribution in [0.2, 0.25) is 0 Å². The maximum Gasteiger partial charge on any atom is 0.244 e. The monoisotopic (exact) mass is 560 g/mol. The molecule has 1 amide bonds. The minimum atomic E-state index is -0.255. The van der Waals surface area contributed by atoms with Gasteiger partial charge in [0.1, 0.15) is 0 Å². The van der Waals surface area contributed by atoms with Gasteiger partial charge in [-0.2, -0.15) is 0 Å². The molecule has 0 saturated carbocycles. The Bertz CT molecular complexity index is 1510. The molecule has 0 spiro atoms. The number of amides is 1. The summed E-state index contributed by atoms with van der Waals surface area (Å²) in [6.45, 7) is 1.15. The Morgan fingerprint density at radius 2 is 1.68 bits per heavy atom. The number of hydrogen-bond donors (Lipinski definition) is 2. The molecule has 9 nitrogen and oxygen atoms in total. The summed E-state index contributed by atoms with van der Waals surface area (Å²) in [4.78, 5) is 15.3. The van der Waals surface area contributed by atoms with Crippen LogP contribution in [0.5, 0.6) is 34.5 Å². The number of likely N-dealkylation sites (N-methyl/N-ethyl adjacent to an activating group) is 1. The van der Waals surface area contributed by atoms with E-state index in [0.717, 1.165) is 47.2 Å². The van der Waals surface area contributed by atoms with Crippen molar-refractivity contribution in [1.82, 2.24) is 10.2 Å². The van der Waals surface area contributed by atoms with E-state index in [2.05, 4.69) is 23.3 Å². The quantitative estimate of drug-likeness (QED) is 0.369. The highest BCUT2D eigenvalue weighted by Crippen LogP contribution is 2.55. The van der Waals surface area contributed by atoms with Crippen LogP contribution in [0.15, 0.2) is 36.4 Å². The Hall–Kier alpha value is -4.37. The molecule has 1 aliphatic heterocycles. The maximum atomic E-state index is 12.9. The number of nitrogens with one attached hydrogen (secondary N) is 1. The highest BCUT2D eigenvalue weighted by Gasteiger charge is 2.39. The van der Waals surface area contributed by atoms with Gasteiger partial charge in [0, 0.05) is 36.3 Å². The fourth-order valence-electron chi connectivity index (χ4n) is 6.00. The van der Waals surface area contributed by atoms with Crippen LogP contribution in [0.25, 0.3) is 17.2 Å². The minimum absolute atomic E-state index is 0.0423. The number of rotatable bonds is 9. The van der Waals surface area contributed by atoms with Crippen LogP contribution in [0, 0.1) is 0 Å². The first-order chi connectivity index (χ1) is 19.8. The van der Waals surface area contributed by atoms with Gasteiger partial charge in [-0.25, -0.2) is 0 Å². The lowest BCUT2D eigenvalue weighted by molar-refractivity contribution is -0.116. The van der Waals surface area contributed by atoms with Crippen molar-refractivity contribution < 1.29 is 33.6 Å². The van der Waals surface area contributed by atoms with Crippen LogP contribution in [0.4, 0.5) is 0 Å².